The van der Waals surface area contributed by atoms with Crippen molar-refractivity contribution in [2.45, 2.75) is 52.0 Å². The molecule has 6 nitrogen and oxygen atoms in total. The fourth-order valence-corrected chi connectivity index (χ4v) is 5.77. The third-order valence-corrected chi connectivity index (χ3v) is 7.41. The van der Waals surface area contributed by atoms with Crippen molar-refractivity contribution in [1.82, 2.24) is 15.7 Å². The van der Waals surface area contributed by atoms with E-state index in [0.29, 0.717) is 11.5 Å². The standard InChI is InChI=1S/C28H32FN5O/c1-3-5-21(33-28(35)23-6-4-13-31-27(23)30)14-18-7-8-19-15-25-24(17(2)26(18)19)16-32-34(25)22-11-9-20(29)10-12-22/h4,6,9-13,15-18,21,32H,3,5,7-8,14H2,1-2H3,(H2,30,31)(H,33,35)/t17-,18+,21?/m0/s1. The Kier molecular flexibility index (Phi) is 6.32. The smallest absolute Gasteiger partial charge is 0.255 e. The molecule has 0 spiro atoms. The lowest BCUT2D eigenvalue weighted by Gasteiger charge is -2.31. The van der Waals surface area contributed by atoms with Crippen molar-refractivity contribution in [1.29, 1.82) is 0 Å². The summed E-state index contributed by atoms with van der Waals surface area (Å²) in [7, 11) is 0. The number of hydrazine groups is 1. The van der Waals surface area contributed by atoms with Crippen LogP contribution in [0.1, 0.15) is 56.3 Å². The summed E-state index contributed by atoms with van der Waals surface area (Å²) >= 11 is 0. The second-order valence-electron chi connectivity index (χ2n) is 9.64. The molecule has 2 heterocycles. The molecule has 0 radical (unpaired) electrons. The zero-order valence-electron chi connectivity index (χ0n) is 20.2. The molecule has 3 aliphatic rings. The van der Waals surface area contributed by atoms with Gasteiger partial charge in [0.05, 0.1) is 16.9 Å². The average Bonchev–Trinajstić information content (AvgIpc) is 3.45. The third kappa shape index (κ3) is 4.43. The SMILES string of the molecule is CCCC(C[C@H]1CCC2=C1[C@@H](C)C1=CNN(c3ccc(F)cc3)C1=C2)NC(=O)c1cccnc1N. The van der Waals surface area contributed by atoms with Gasteiger partial charge in [-0.1, -0.05) is 25.8 Å². The van der Waals surface area contributed by atoms with Gasteiger partial charge in [0, 0.05) is 29.9 Å². The first-order valence-electron chi connectivity index (χ1n) is 12.4. The second-order valence-corrected chi connectivity index (χ2v) is 9.64. The number of aromatic nitrogens is 1. The van der Waals surface area contributed by atoms with Gasteiger partial charge in [-0.2, -0.15) is 0 Å². The molecule has 4 N–H and O–H groups in total. The van der Waals surface area contributed by atoms with Gasteiger partial charge in [0.25, 0.3) is 5.91 Å². The van der Waals surface area contributed by atoms with E-state index >= 15 is 0 Å². The summed E-state index contributed by atoms with van der Waals surface area (Å²) in [6, 6.07) is 10.1. The van der Waals surface area contributed by atoms with Crippen molar-refractivity contribution in [3.8, 4) is 0 Å². The van der Waals surface area contributed by atoms with Crippen LogP contribution in [0, 0.1) is 17.7 Å². The molecule has 1 aromatic carbocycles. The first-order valence-corrected chi connectivity index (χ1v) is 12.4. The van der Waals surface area contributed by atoms with Crippen LogP contribution in [0.3, 0.4) is 0 Å². The molecule has 1 aliphatic heterocycles. The first kappa shape index (κ1) is 23.1. The highest BCUT2D eigenvalue weighted by Crippen LogP contribution is 2.49. The summed E-state index contributed by atoms with van der Waals surface area (Å²) < 4.78 is 13.4. The number of nitrogen functional groups attached to an aromatic ring is 1. The highest BCUT2D eigenvalue weighted by Gasteiger charge is 2.38. The Labute approximate surface area is 205 Å². The van der Waals surface area contributed by atoms with E-state index in [0.717, 1.165) is 43.5 Å². The zero-order chi connectivity index (χ0) is 24.5. The number of hydrogen-bond donors (Lipinski definition) is 3. The summed E-state index contributed by atoms with van der Waals surface area (Å²) in [6.45, 7) is 4.42. The fraction of sp³-hybridized carbons (Fsp3) is 0.357. The summed E-state index contributed by atoms with van der Waals surface area (Å²) in [4.78, 5) is 17.0. The molecule has 0 saturated carbocycles. The maximum atomic E-state index is 13.4. The van der Waals surface area contributed by atoms with E-state index in [2.05, 4.69) is 41.9 Å². The monoisotopic (exact) mass is 473 g/mol. The van der Waals surface area contributed by atoms with Gasteiger partial charge in [0.1, 0.15) is 11.6 Å². The van der Waals surface area contributed by atoms with Crippen molar-refractivity contribution >= 4 is 17.4 Å². The molecule has 2 aromatic rings. The number of amides is 1. The maximum absolute atomic E-state index is 13.4. The van der Waals surface area contributed by atoms with Crippen LogP contribution in [-0.2, 0) is 0 Å². The summed E-state index contributed by atoms with van der Waals surface area (Å²) in [6.07, 6.45) is 10.9. The van der Waals surface area contributed by atoms with Crippen molar-refractivity contribution in [3.63, 3.8) is 0 Å². The van der Waals surface area contributed by atoms with Crippen LogP contribution >= 0.6 is 0 Å². The quantitative estimate of drug-likeness (QED) is 0.512. The predicted octanol–water partition coefficient (Wildman–Crippen LogP) is 5.24. The van der Waals surface area contributed by atoms with Gasteiger partial charge in [0.15, 0.2) is 0 Å². The van der Waals surface area contributed by atoms with Crippen molar-refractivity contribution in [3.05, 3.63) is 88.7 Å². The number of fused-ring (bicyclic) bond motifs is 1. The maximum Gasteiger partial charge on any atom is 0.255 e. The Morgan fingerprint density at radius 3 is 2.86 bits per heavy atom. The van der Waals surface area contributed by atoms with Gasteiger partial charge >= 0.3 is 0 Å². The number of hydrogen-bond acceptors (Lipinski definition) is 5. The molecule has 0 saturated heterocycles. The van der Waals surface area contributed by atoms with Gasteiger partial charge in [0.2, 0.25) is 0 Å². The molecule has 3 atom stereocenters. The fourth-order valence-electron chi connectivity index (χ4n) is 5.77. The number of benzene rings is 1. The topological polar surface area (TPSA) is 83.3 Å². The summed E-state index contributed by atoms with van der Waals surface area (Å²) in [5.74, 6) is 0.563. The summed E-state index contributed by atoms with van der Waals surface area (Å²) in [5, 5.41) is 5.26. The molecule has 2 aliphatic carbocycles. The second kappa shape index (κ2) is 9.56. The lowest BCUT2D eigenvalue weighted by Crippen LogP contribution is -2.37. The zero-order valence-corrected chi connectivity index (χ0v) is 20.2. The predicted molar refractivity (Wildman–Crippen MR) is 137 cm³/mol. The molecular formula is C28H32FN5O. The van der Waals surface area contributed by atoms with Crippen molar-refractivity contribution < 1.29 is 9.18 Å². The van der Waals surface area contributed by atoms with Gasteiger partial charge in [-0.05, 0) is 79.6 Å². The number of nitrogens with one attached hydrogen (secondary N) is 2. The average molecular weight is 474 g/mol. The normalized spacial score (nSPS) is 21.6. The van der Waals surface area contributed by atoms with Gasteiger partial charge in [-0.25, -0.2) is 9.37 Å². The Bertz CT molecular complexity index is 1220. The molecule has 7 heteroatoms. The highest BCUT2D eigenvalue weighted by atomic mass is 19.1. The number of rotatable bonds is 7. The number of nitrogens with zero attached hydrogens (tertiary/aromatic N) is 2. The molecule has 5 rings (SSSR count). The number of nitrogens with two attached hydrogens (primary N) is 1. The Morgan fingerprint density at radius 1 is 1.31 bits per heavy atom. The highest BCUT2D eigenvalue weighted by molar-refractivity contribution is 5.98. The van der Waals surface area contributed by atoms with Crippen LogP contribution in [0.2, 0.25) is 0 Å². The van der Waals surface area contributed by atoms with Crippen molar-refractivity contribution in [2.24, 2.45) is 11.8 Å². The Balaban J connectivity index is 1.35. The molecule has 1 unspecified atom stereocenters. The largest absolute Gasteiger partial charge is 0.383 e. The van der Waals surface area contributed by atoms with E-state index in [1.54, 1.807) is 30.5 Å². The minimum absolute atomic E-state index is 0.0768. The van der Waals surface area contributed by atoms with E-state index in [9.17, 15) is 9.18 Å². The number of carbonyl (C=O) groups excluding carboxylic acids is 1. The number of halogens is 1. The van der Waals surface area contributed by atoms with E-state index in [-0.39, 0.29) is 29.5 Å². The minimum Gasteiger partial charge on any atom is -0.383 e. The summed E-state index contributed by atoms with van der Waals surface area (Å²) in [5.41, 5.74) is 15.9. The number of allylic oxidation sites excluding steroid dienone is 4. The van der Waals surface area contributed by atoms with Crippen LogP contribution in [0.15, 0.2) is 77.3 Å². The molecule has 0 bridgehead atoms. The number of carbonyl (C=O) groups is 1. The van der Waals surface area contributed by atoms with E-state index < -0.39 is 0 Å². The molecule has 35 heavy (non-hydrogen) atoms. The molecule has 1 aromatic heterocycles. The van der Waals surface area contributed by atoms with E-state index in [1.165, 1.54) is 28.9 Å². The third-order valence-electron chi connectivity index (χ3n) is 7.41. The molecule has 1 amide bonds. The Hall–Kier alpha value is -3.61. The van der Waals surface area contributed by atoms with Gasteiger partial charge in [-0.3, -0.25) is 9.80 Å². The number of pyridine rings is 1. The van der Waals surface area contributed by atoms with Crippen LogP contribution in [0.25, 0.3) is 0 Å². The molecule has 0 fully saturated rings. The van der Waals surface area contributed by atoms with Crippen molar-refractivity contribution in [2.75, 3.05) is 10.7 Å². The van der Waals surface area contributed by atoms with Gasteiger partial charge < -0.3 is 16.5 Å². The molecule has 182 valence electrons. The lowest BCUT2D eigenvalue weighted by molar-refractivity contribution is 0.0930. The van der Waals surface area contributed by atoms with Crippen LogP contribution in [-0.4, -0.2) is 16.9 Å². The van der Waals surface area contributed by atoms with E-state index in [1.807, 2.05) is 5.01 Å². The van der Waals surface area contributed by atoms with Gasteiger partial charge in [-0.15, -0.1) is 0 Å². The molecular weight excluding hydrogens is 441 g/mol. The number of anilines is 2. The van der Waals surface area contributed by atoms with E-state index in [4.69, 9.17) is 5.73 Å². The first-order chi connectivity index (χ1) is 17.0. The Morgan fingerprint density at radius 2 is 2.11 bits per heavy atom. The van der Waals surface area contributed by atoms with Crippen LogP contribution in [0.4, 0.5) is 15.9 Å². The van der Waals surface area contributed by atoms with Crippen LogP contribution in [0.5, 0.6) is 0 Å². The minimum atomic E-state index is -0.240. The lowest BCUT2D eigenvalue weighted by atomic mass is 9.78. The van der Waals surface area contributed by atoms with Crippen LogP contribution < -0.4 is 21.5 Å².